The lowest BCUT2D eigenvalue weighted by Gasteiger charge is -1.95. The molecule has 0 atom stereocenters. The predicted octanol–water partition coefficient (Wildman–Crippen LogP) is 0.311. The minimum atomic E-state index is -0.388. The maximum absolute atomic E-state index is 10.5. The van der Waals surface area contributed by atoms with E-state index in [9.17, 15) is 4.79 Å². The summed E-state index contributed by atoms with van der Waals surface area (Å²) in [4.78, 5) is 14.3. The van der Waals surface area contributed by atoms with E-state index in [-0.39, 0.29) is 5.97 Å². The molecule has 0 radical (unpaired) electrons. The van der Waals surface area contributed by atoms with E-state index in [1.807, 2.05) is 0 Å². The van der Waals surface area contributed by atoms with Crippen LogP contribution in [-0.4, -0.2) is 26.0 Å². The van der Waals surface area contributed by atoms with Gasteiger partial charge in [0.25, 0.3) is 0 Å². The van der Waals surface area contributed by atoms with Crippen molar-refractivity contribution in [3.63, 3.8) is 0 Å². The maximum atomic E-state index is 10.5. The second-order valence-corrected chi connectivity index (χ2v) is 1.81. The zero-order valence-corrected chi connectivity index (χ0v) is 6.92. The highest BCUT2D eigenvalue weighted by Crippen LogP contribution is 1.75. The molecule has 0 amide bonds. The van der Waals surface area contributed by atoms with E-state index in [4.69, 9.17) is 0 Å². The van der Waals surface area contributed by atoms with E-state index in [0.717, 1.165) is 5.84 Å². The van der Waals surface area contributed by atoms with Crippen LogP contribution in [0.25, 0.3) is 0 Å². The number of hydrogen-bond donors (Lipinski definition) is 1. The molecule has 0 saturated heterocycles. The summed E-state index contributed by atoms with van der Waals surface area (Å²) in [5.41, 5.74) is 0. The summed E-state index contributed by atoms with van der Waals surface area (Å²) in [5.74, 6) is 0.353. The molecule has 0 aliphatic carbocycles. The van der Waals surface area contributed by atoms with Gasteiger partial charge >= 0.3 is 5.97 Å². The lowest BCUT2D eigenvalue weighted by Crippen LogP contribution is -2.13. The van der Waals surface area contributed by atoms with Gasteiger partial charge in [-0.05, 0) is 6.92 Å². The molecule has 0 heterocycles. The summed E-state index contributed by atoms with van der Waals surface area (Å²) in [7, 11) is 2.99. The third-order valence-electron chi connectivity index (χ3n) is 1.05. The van der Waals surface area contributed by atoms with Crippen LogP contribution in [0.2, 0.25) is 0 Å². The molecular formula is C7H12N2O2. The minimum Gasteiger partial charge on any atom is -0.466 e. The number of nitrogens with zero attached hydrogens (tertiary/aromatic N) is 1. The third-order valence-corrected chi connectivity index (χ3v) is 1.05. The summed E-state index contributed by atoms with van der Waals surface area (Å²) >= 11 is 0. The molecule has 4 nitrogen and oxygen atoms in total. The Kier molecular flexibility index (Phi) is 4.81. The molecule has 0 aliphatic heterocycles. The van der Waals surface area contributed by atoms with E-state index in [1.165, 1.54) is 19.4 Å². The molecule has 0 aromatic rings. The fraction of sp³-hybridized carbons (Fsp3) is 0.429. The van der Waals surface area contributed by atoms with E-state index < -0.39 is 0 Å². The zero-order valence-electron chi connectivity index (χ0n) is 6.92. The molecule has 0 rings (SSSR count). The van der Waals surface area contributed by atoms with Gasteiger partial charge in [0.05, 0.1) is 12.9 Å². The lowest BCUT2D eigenvalue weighted by molar-refractivity contribution is -0.134. The van der Waals surface area contributed by atoms with Crippen molar-refractivity contribution in [3.05, 3.63) is 12.3 Å². The second-order valence-electron chi connectivity index (χ2n) is 1.81. The Morgan fingerprint density at radius 3 is 2.73 bits per heavy atom. The Morgan fingerprint density at radius 1 is 1.64 bits per heavy atom. The number of carbonyl (C=O) groups is 1. The second kappa shape index (κ2) is 5.46. The number of methoxy groups -OCH3 is 1. The maximum Gasteiger partial charge on any atom is 0.331 e. The first-order valence-corrected chi connectivity index (χ1v) is 3.15. The summed E-state index contributed by atoms with van der Waals surface area (Å²) in [5, 5.41) is 2.77. The van der Waals surface area contributed by atoms with Crippen LogP contribution in [-0.2, 0) is 9.53 Å². The highest BCUT2D eigenvalue weighted by molar-refractivity contribution is 5.84. The van der Waals surface area contributed by atoms with Gasteiger partial charge in [0, 0.05) is 19.3 Å². The predicted molar refractivity (Wildman–Crippen MR) is 43.3 cm³/mol. The van der Waals surface area contributed by atoms with Crippen molar-refractivity contribution >= 4 is 11.8 Å². The first-order chi connectivity index (χ1) is 5.20. The number of carbonyl (C=O) groups excluding carboxylic acids is 1. The molecular weight excluding hydrogens is 144 g/mol. The molecule has 0 saturated carbocycles. The van der Waals surface area contributed by atoms with Crippen molar-refractivity contribution in [2.24, 2.45) is 4.99 Å². The molecule has 0 aliphatic rings. The summed E-state index contributed by atoms with van der Waals surface area (Å²) in [6.07, 6.45) is 2.77. The van der Waals surface area contributed by atoms with Gasteiger partial charge in [0.1, 0.15) is 0 Å². The van der Waals surface area contributed by atoms with Gasteiger partial charge in [-0.15, -0.1) is 0 Å². The van der Waals surface area contributed by atoms with Gasteiger partial charge in [0.15, 0.2) is 0 Å². The van der Waals surface area contributed by atoms with E-state index in [2.05, 4.69) is 15.0 Å². The highest BCUT2D eigenvalue weighted by Gasteiger charge is 1.88. The van der Waals surface area contributed by atoms with E-state index in [1.54, 1.807) is 14.0 Å². The fourth-order valence-electron chi connectivity index (χ4n) is 0.363. The molecule has 11 heavy (non-hydrogen) atoms. The van der Waals surface area contributed by atoms with Crippen LogP contribution in [0.5, 0.6) is 0 Å². The molecule has 4 heteroatoms. The number of esters is 1. The smallest absolute Gasteiger partial charge is 0.331 e. The summed E-state index contributed by atoms with van der Waals surface area (Å²) < 4.78 is 4.36. The molecule has 0 aromatic carbocycles. The van der Waals surface area contributed by atoms with Crippen molar-refractivity contribution in [2.75, 3.05) is 14.2 Å². The SMILES string of the molecule is CN=C(C)N/C=C\C(=O)OC. The molecule has 0 bridgehead atoms. The molecule has 62 valence electrons. The monoisotopic (exact) mass is 156 g/mol. The number of rotatable bonds is 2. The standard InChI is InChI=1S/C7H12N2O2/c1-6(8-2)9-5-4-7(10)11-3/h4-5H,1-3H3,(H,8,9)/b5-4-. The molecule has 1 N–H and O–H groups in total. The minimum absolute atomic E-state index is 0.388. The van der Waals surface area contributed by atoms with Crippen LogP contribution in [0.1, 0.15) is 6.92 Å². The number of ether oxygens (including phenoxy) is 1. The lowest BCUT2D eigenvalue weighted by atomic mass is 10.6. The fourth-order valence-corrected chi connectivity index (χ4v) is 0.363. The Bertz CT molecular complexity index is 185. The Labute approximate surface area is 66.0 Å². The Balaban J connectivity index is 3.69. The van der Waals surface area contributed by atoms with Gasteiger partial charge in [-0.2, -0.15) is 0 Å². The summed E-state index contributed by atoms with van der Waals surface area (Å²) in [6.45, 7) is 1.79. The molecule has 0 unspecified atom stereocenters. The molecule has 0 aromatic heterocycles. The Hall–Kier alpha value is -1.32. The number of amidine groups is 1. The molecule has 0 fully saturated rings. The van der Waals surface area contributed by atoms with Crippen molar-refractivity contribution in [1.29, 1.82) is 0 Å². The number of aliphatic imine (C=N–C) groups is 1. The largest absolute Gasteiger partial charge is 0.466 e. The van der Waals surface area contributed by atoms with Gasteiger partial charge in [0.2, 0.25) is 0 Å². The van der Waals surface area contributed by atoms with E-state index in [0.29, 0.717) is 0 Å². The van der Waals surface area contributed by atoms with Crippen molar-refractivity contribution in [1.82, 2.24) is 5.32 Å². The average molecular weight is 156 g/mol. The van der Waals surface area contributed by atoms with Crippen molar-refractivity contribution < 1.29 is 9.53 Å². The topological polar surface area (TPSA) is 50.7 Å². The summed E-state index contributed by atoms with van der Waals surface area (Å²) in [6, 6.07) is 0. The van der Waals surface area contributed by atoms with Crippen molar-refractivity contribution in [2.45, 2.75) is 6.92 Å². The quantitative estimate of drug-likeness (QED) is 0.271. The first-order valence-electron chi connectivity index (χ1n) is 3.15. The van der Waals surface area contributed by atoms with Gasteiger partial charge in [-0.1, -0.05) is 0 Å². The van der Waals surface area contributed by atoms with Gasteiger partial charge < -0.3 is 10.1 Å². The van der Waals surface area contributed by atoms with Crippen LogP contribution in [0.3, 0.4) is 0 Å². The Morgan fingerprint density at radius 2 is 2.27 bits per heavy atom. The van der Waals surface area contributed by atoms with Crippen LogP contribution in [0.4, 0.5) is 0 Å². The molecule has 0 spiro atoms. The van der Waals surface area contributed by atoms with Gasteiger partial charge in [-0.25, -0.2) is 4.79 Å². The normalized spacial score (nSPS) is 11.7. The number of hydrogen-bond acceptors (Lipinski definition) is 3. The van der Waals surface area contributed by atoms with Crippen LogP contribution >= 0.6 is 0 Å². The number of nitrogens with one attached hydrogen (secondary N) is 1. The zero-order chi connectivity index (χ0) is 8.69. The van der Waals surface area contributed by atoms with Gasteiger partial charge in [-0.3, -0.25) is 4.99 Å². The van der Waals surface area contributed by atoms with Crippen LogP contribution < -0.4 is 5.32 Å². The van der Waals surface area contributed by atoms with Crippen molar-refractivity contribution in [3.8, 4) is 0 Å². The third kappa shape index (κ3) is 5.14. The first kappa shape index (κ1) is 9.68. The van der Waals surface area contributed by atoms with Crippen LogP contribution in [0.15, 0.2) is 17.3 Å². The highest BCUT2D eigenvalue weighted by atomic mass is 16.5. The average Bonchev–Trinajstić information content (AvgIpc) is 2.04. The van der Waals surface area contributed by atoms with Crippen LogP contribution in [0, 0.1) is 0 Å². The van der Waals surface area contributed by atoms with E-state index >= 15 is 0 Å².